The molecule has 1 fully saturated rings. The number of benzene rings is 1. The number of nitrogens with one attached hydrogen (secondary N) is 1. The number of nitrogens with zero attached hydrogens (tertiary/aromatic N) is 3. The van der Waals surface area contributed by atoms with Gasteiger partial charge in [0.05, 0.1) is 5.75 Å². The van der Waals surface area contributed by atoms with Crippen molar-refractivity contribution in [3.63, 3.8) is 0 Å². The number of hydrogen-bond donors (Lipinski definition) is 1. The minimum Gasteiger partial charge on any atom is -0.326 e. The van der Waals surface area contributed by atoms with E-state index < -0.39 is 5.41 Å². The smallest absolute Gasteiger partial charge is 0.229 e. The predicted octanol–water partition coefficient (Wildman–Crippen LogP) is 5.05. The van der Waals surface area contributed by atoms with Crippen molar-refractivity contribution in [3.05, 3.63) is 35.7 Å². The van der Waals surface area contributed by atoms with Gasteiger partial charge in [0.15, 0.2) is 10.9 Å². The molecule has 1 aliphatic carbocycles. The molecular formula is C22H30N4O2S. The summed E-state index contributed by atoms with van der Waals surface area (Å²) in [7, 11) is 0. The number of anilines is 1. The van der Waals surface area contributed by atoms with E-state index in [2.05, 4.69) is 20.1 Å². The van der Waals surface area contributed by atoms with E-state index in [-0.39, 0.29) is 11.7 Å². The monoisotopic (exact) mass is 414 g/mol. The van der Waals surface area contributed by atoms with Crippen LogP contribution in [0.15, 0.2) is 29.4 Å². The summed E-state index contributed by atoms with van der Waals surface area (Å²) >= 11 is 1.45. The zero-order valence-electron chi connectivity index (χ0n) is 17.7. The van der Waals surface area contributed by atoms with Gasteiger partial charge in [-0.05, 0) is 44.0 Å². The lowest BCUT2D eigenvalue weighted by molar-refractivity contribution is -0.123. The molecule has 1 heterocycles. The summed E-state index contributed by atoms with van der Waals surface area (Å²) < 4.78 is 2.21. The van der Waals surface area contributed by atoms with Crippen molar-refractivity contribution in [1.82, 2.24) is 14.8 Å². The zero-order valence-corrected chi connectivity index (χ0v) is 18.5. The summed E-state index contributed by atoms with van der Waals surface area (Å²) in [5.41, 5.74) is 0.867. The highest BCUT2D eigenvalue weighted by molar-refractivity contribution is 7.99. The van der Waals surface area contributed by atoms with Gasteiger partial charge < -0.3 is 9.88 Å². The van der Waals surface area contributed by atoms with Gasteiger partial charge in [0.2, 0.25) is 5.91 Å². The van der Waals surface area contributed by atoms with Crippen LogP contribution in [-0.2, 0) is 4.79 Å². The second kappa shape index (κ2) is 9.11. The van der Waals surface area contributed by atoms with Gasteiger partial charge in [0.1, 0.15) is 5.82 Å². The number of aryl methyl sites for hydroxylation is 1. The van der Waals surface area contributed by atoms with Gasteiger partial charge in [-0.2, -0.15) is 0 Å². The van der Waals surface area contributed by atoms with Crippen LogP contribution in [0.3, 0.4) is 0 Å². The standard InChI is InChI=1S/C22H30N4O2S/c1-15-24-25-21(26(15)18-8-6-5-7-9-18)29-14-19(27)16-10-12-17(13-11-16)23-20(28)22(2,3)4/h10-13,18H,5-9,14H2,1-4H3,(H,23,28). The van der Waals surface area contributed by atoms with Crippen molar-refractivity contribution in [3.8, 4) is 0 Å². The number of thioether (sulfide) groups is 1. The van der Waals surface area contributed by atoms with Gasteiger partial charge in [-0.1, -0.05) is 51.8 Å². The second-order valence-electron chi connectivity index (χ2n) is 8.68. The predicted molar refractivity (Wildman–Crippen MR) is 116 cm³/mol. The van der Waals surface area contributed by atoms with Crippen LogP contribution in [0.1, 0.15) is 75.1 Å². The molecule has 3 rings (SSSR count). The van der Waals surface area contributed by atoms with Crippen molar-refractivity contribution in [2.75, 3.05) is 11.1 Å². The van der Waals surface area contributed by atoms with E-state index in [0.29, 0.717) is 23.0 Å². The molecule has 0 aliphatic heterocycles. The number of carbonyl (C=O) groups is 2. The third kappa shape index (κ3) is 5.47. The van der Waals surface area contributed by atoms with E-state index in [0.717, 1.165) is 23.8 Å². The van der Waals surface area contributed by atoms with Crippen molar-refractivity contribution >= 4 is 29.1 Å². The number of carbonyl (C=O) groups excluding carboxylic acids is 2. The van der Waals surface area contributed by atoms with Gasteiger partial charge in [-0.15, -0.1) is 10.2 Å². The maximum atomic E-state index is 12.6. The summed E-state index contributed by atoms with van der Waals surface area (Å²) in [5, 5.41) is 12.3. The van der Waals surface area contributed by atoms with E-state index in [4.69, 9.17) is 0 Å². The largest absolute Gasteiger partial charge is 0.326 e. The molecule has 6 nitrogen and oxygen atoms in total. The van der Waals surface area contributed by atoms with Crippen molar-refractivity contribution in [2.24, 2.45) is 5.41 Å². The number of Topliss-reactive ketones (excluding diaryl/α,β-unsaturated/α-hetero) is 1. The zero-order chi connectivity index (χ0) is 21.0. The van der Waals surface area contributed by atoms with Gasteiger partial charge >= 0.3 is 0 Å². The minimum absolute atomic E-state index is 0.0412. The average Bonchev–Trinajstić information content (AvgIpc) is 3.07. The van der Waals surface area contributed by atoms with Gasteiger partial charge in [-0.3, -0.25) is 9.59 Å². The second-order valence-corrected chi connectivity index (χ2v) is 9.63. The topological polar surface area (TPSA) is 76.9 Å². The van der Waals surface area contributed by atoms with Crippen molar-refractivity contribution in [2.45, 2.75) is 71.0 Å². The van der Waals surface area contributed by atoms with E-state index in [9.17, 15) is 9.59 Å². The van der Waals surface area contributed by atoms with Crippen LogP contribution in [0.2, 0.25) is 0 Å². The first kappa shape index (κ1) is 21.6. The quantitative estimate of drug-likeness (QED) is 0.529. The van der Waals surface area contributed by atoms with Crippen LogP contribution in [-0.4, -0.2) is 32.2 Å². The molecule has 1 N–H and O–H groups in total. The fourth-order valence-electron chi connectivity index (χ4n) is 3.48. The molecule has 0 atom stereocenters. The highest BCUT2D eigenvalue weighted by Crippen LogP contribution is 2.32. The highest BCUT2D eigenvalue weighted by Gasteiger charge is 2.23. The summed E-state index contributed by atoms with van der Waals surface area (Å²) in [5.74, 6) is 1.23. The number of hydrogen-bond acceptors (Lipinski definition) is 5. The molecule has 7 heteroatoms. The molecule has 1 aromatic carbocycles. The first-order valence-corrected chi connectivity index (χ1v) is 11.2. The van der Waals surface area contributed by atoms with Gasteiger partial charge in [0, 0.05) is 22.7 Å². The van der Waals surface area contributed by atoms with Gasteiger partial charge in [-0.25, -0.2) is 0 Å². The lowest BCUT2D eigenvalue weighted by Gasteiger charge is -2.24. The van der Waals surface area contributed by atoms with E-state index in [1.165, 1.54) is 31.0 Å². The Balaban J connectivity index is 1.61. The fraction of sp³-hybridized carbons (Fsp3) is 0.545. The number of amides is 1. The van der Waals surface area contributed by atoms with Crippen molar-refractivity contribution < 1.29 is 9.59 Å². The van der Waals surface area contributed by atoms with Crippen LogP contribution in [0.25, 0.3) is 0 Å². The Hall–Kier alpha value is -2.15. The Morgan fingerprint density at radius 1 is 1.10 bits per heavy atom. The molecule has 2 aromatic rings. The SMILES string of the molecule is Cc1nnc(SCC(=O)c2ccc(NC(=O)C(C)(C)C)cc2)n1C1CCCCC1. The molecule has 1 aromatic heterocycles. The third-order valence-corrected chi connectivity index (χ3v) is 6.20. The summed E-state index contributed by atoms with van der Waals surface area (Å²) in [4.78, 5) is 24.7. The Kier molecular flexibility index (Phi) is 6.77. The van der Waals surface area contributed by atoms with Crippen LogP contribution in [0.5, 0.6) is 0 Å². The number of ketones is 1. The van der Waals surface area contributed by atoms with E-state index in [1.54, 1.807) is 24.3 Å². The molecule has 0 unspecified atom stereocenters. The normalized spacial score (nSPS) is 15.3. The van der Waals surface area contributed by atoms with E-state index in [1.807, 2.05) is 27.7 Å². The summed E-state index contributed by atoms with van der Waals surface area (Å²) in [6, 6.07) is 7.52. The molecule has 156 valence electrons. The Labute approximate surface area is 176 Å². The van der Waals surface area contributed by atoms with Crippen LogP contribution in [0, 0.1) is 12.3 Å². The van der Waals surface area contributed by atoms with Crippen LogP contribution < -0.4 is 5.32 Å². The molecular weight excluding hydrogens is 384 g/mol. The molecule has 1 saturated carbocycles. The lowest BCUT2D eigenvalue weighted by atomic mass is 9.95. The van der Waals surface area contributed by atoms with Crippen molar-refractivity contribution in [1.29, 1.82) is 0 Å². The molecule has 0 bridgehead atoms. The first-order valence-electron chi connectivity index (χ1n) is 10.2. The molecule has 0 spiro atoms. The Bertz CT molecular complexity index is 862. The molecule has 0 saturated heterocycles. The highest BCUT2D eigenvalue weighted by atomic mass is 32.2. The maximum absolute atomic E-state index is 12.6. The Morgan fingerprint density at radius 3 is 2.38 bits per heavy atom. The van der Waals surface area contributed by atoms with E-state index >= 15 is 0 Å². The van der Waals surface area contributed by atoms with Crippen LogP contribution >= 0.6 is 11.8 Å². The first-order chi connectivity index (χ1) is 13.8. The molecule has 0 radical (unpaired) electrons. The molecule has 29 heavy (non-hydrogen) atoms. The lowest BCUT2D eigenvalue weighted by Crippen LogP contribution is -2.27. The molecule has 1 amide bonds. The third-order valence-electron chi connectivity index (χ3n) is 5.25. The maximum Gasteiger partial charge on any atom is 0.229 e. The molecule has 1 aliphatic rings. The summed E-state index contributed by atoms with van der Waals surface area (Å²) in [6.45, 7) is 7.58. The average molecular weight is 415 g/mol. The number of aromatic nitrogens is 3. The number of rotatable bonds is 6. The van der Waals surface area contributed by atoms with Crippen LogP contribution in [0.4, 0.5) is 5.69 Å². The van der Waals surface area contributed by atoms with Gasteiger partial charge in [0.25, 0.3) is 0 Å². The minimum atomic E-state index is -0.461. The Morgan fingerprint density at radius 2 is 1.76 bits per heavy atom. The fourth-order valence-corrected chi connectivity index (χ4v) is 4.43. The summed E-state index contributed by atoms with van der Waals surface area (Å²) in [6.07, 6.45) is 6.09.